The number of likely N-dealkylation sites (tertiary alicyclic amines) is 2. The maximum Gasteiger partial charge on any atom is 0.239 e. The van der Waals surface area contributed by atoms with Crippen molar-refractivity contribution in [3.05, 3.63) is 35.9 Å². The predicted molar refractivity (Wildman–Crippen MR) is 147 cm³/mol. The highest BCUT2D eigenvalue weighted by Crippen LogP contribution is 2.20. The minimum atomic E-state index is 0. The second kappa shape index (κ2) is 14.8. The lowest BCUT2D eigenvalue weighted by atomic mass is 10.2. The monoisotopic (exact) mass is 570 g/mol. The molecule has 2 aliphatic rings. The summed E-state index contributed by atoms with van der Waals surface area (Å²) in [5.41, 5.74) is 1.38. The third-order valence-electron chi connectivity index (χ3n) is 6.54. The summed E-state index contributed by atoms with van der Waals surface area (Å²) in [5, 5.41) is 6.89. The normalized spacial score (nSPS) is 21.6. The molecule has 2 fully saturated rings. The first-order chi connectivity index (χ1) is 15.6. The van der Waals surface area contributed by atoms with E-state index in [4.69, 9.17) is 4.99 Å². The molecular weight excluding hydrogens is 527 g/mol. The molecule has 0 aromatic heterocycles. The Morgan fingerprint density at radius 3 is 2.55 bits per heavy atom. The number of nitrogens with zero attached hydrogens (tertiary/aromatic N) is 4. The van der Waals surface area contributed by atoms with Gasteiger partial charge in [-0.25, -0.2) is 0 Å². The Labute approximate surface area is 217 Å². The molecule has 2 N–H and O–H groups in total. The molecule has 1 aromatic rings. The summed E-state index contributed by atoms with van der Waals surface area (Å²) in [7, 11) is 3.70. The number of rotatable bonds is 10. The van der Waals surface area contributed by atoms with Gasteiger partial charge in [0.2, 0.25) is 5.91 Å². The van der Waals surface area contributed by atoms with Gasteiger partial charge in [-0.15, -0.1) is 24.0 Å². The van der Waals surface area contributed by atoms with Gasteiger partial charge in [-0.1, -0.05) is 30.3 Å². The van der Waals surface area contributed by atoms with Gasteiger partial charge >= 0.3 is 0 Å². The van der Waals surface area contributed by atoms with Crippen molar-refractivity contribution in [3.63, 3.8) is 0 Å². The van der Waals surface area contributed by atoms with Gasteiger partial charge in [-0.05, 0) is 57.7 Å². The van der Waals surface area contributed by atoms with Crippen LogP contribution < -0.4 is 10.6 Å². The lowest BCUT2D eigenvalue weighted by Crippen LogP contribution is -2.44. The fraction of sp³-hybridized carbons (Fsp3) is 0.680. The summed E-state index contributed by atoms with van der Waals surface area (Å²) >= 11 is 0. The van der Waals surface area contributed by atoms with Crippen molar-refractivity contribution in [2.45, 2.75) is 57.7 Å². The van der Waals surface area contributed by atoms with E-state index in [1.807, 2.05) is 14.1 Å². The quantitative estimate of drug-likeness (QED) is 0.196. The van der Waals surface area contributed by atoms with E-state index in [1.54, 1.807) is 4.90 Å². The SMILES string of the molecule is CCNC(=NCC1CCCN1Cc1ccccc1)NCCCN1CCCC1C(=O)N(C)C.I. The molecular formula is C25H43IN6O. The molecule has 1 aromatic carbocycles. The van der Waals surface area contributed by atoms with Gasteiger partial charge in [0.15, 0.2) is 5.96 Å². The van der Waals surface area contributed by atoms with E-state index < -0.39 is 0 Å². The summed E-state index contributed by atoms with van der Waals surface area (Å²) in [6.07, 6.45) is 5.56. The summed E-state index contributed by atoms with van der Waals surface area (Å²) in [6, 6.07) is 11.3. The van der Waals surface area contributed by atoms with Crippen LogP contribution in [0.3, 0.4) is 0 Å². The number of aliphatic imine (C=N–C) groups is 1. The van der Waals surface area contributed by atoms with Crippen LogP contribution in [-0.4, -0.2) is 92.0 Å². The molecule has 1 amide bonds. The van der Waals surface area contributed by atoms with Crippen molar-refractivity contribution < 1.29 is 4.79 Å². The lowest BCUT2D eigenvalue weighted by molar-refractivity contribution is -0.133. The predicted octanol–water partition coefficient (Wildman–Crippen LogP) is 2.77. The van der Waals surface area contributed by atoms with E-state index in [0.717, 1.165) is 71.0 Å². The van der Waals surface area contributed by atoms with Crippen molar-refractivity contribution >= 4 is 35.8 Å². The molecule has 2 unspecified atom stereocenters. The first-order valence-corrected chi connectivity index (χ1v) is 12.3. The number of hydrogen-bond acceptors (Lipinski definition) is 4. The van der Waals surface area contributed by atoms with Gasteiger partial charge in [0, 0.05) is 46.3 Å². The van der Waals surface area contributed by atoms with Crippen LogP contribution in [0.2, 0.25) is 0 Å². The number of nitrogens with one attached hydrogen (secondary N) is 2. The number of guanidine groups is 1. The van der Waals surface area contributed by atoms with E-state index in [0.29, 0.717) is 6.04 Å². The van der Waals surface area contributed by atoms with Gasteiger partial charge in [-0.2, -0.15) is 0 Å². The van der Waals surface area contributed by atoms with E-state index in [2.05, 4.69) is 57.7 Å². The minimum absolute atomic E-state index is 0. The standard InChI is InChI=1S/C25H42N6O.HI/c1-4-26-25(27-15-10-18-30-16-9-14-23(30)24(32)29(2)3)28-19-22-13-8-17-31(22)20-21-11-6-5-7-12-21;/h5-7,11-12,22-23H,4,8-10,13-20H2,1-3H3,(H2,26,27,28);1H. The van der Waals surface area contributed by atoms with E-state index in [9.17, 15) is 4.79 Å². The van der Waals surface area contributed by atoms with E-state index in [1.165, 1.54) is 18.4 Å². The van der Waals surface area contributed by atoms with Gasteiger partial charge < -0.3 is 15.5 Å². The Balaban J connectivity index is 0.00000385. The molecule has 3 rings (SSSR count). The Kier molecular flexibility index (Phi) is 12.5. The van der Waals surface area contributed by atoms with Crippen LogP contribution in [0.1, 0.15) is 44.6 Å². The average molecular weight is 571 g/mol. The molecule has 0 radical (unpaired) electrons. The molecule has 7 nitrogen and oxygen atoms in total. The van der Waals surface area contributed by atoms with Crippen LogP contribution in [0, 0.1) is 0 Å². The van der Waals surface area contributed by atoms with Crippen LogP contribution in [-0.2, 0) is 11.3 Å². The lowest BCUT2D eigenvalue weighted by Gasteiger charge is -2.26. The first-order valence-electron chi connectivity index (χ1n) is 12.3. The Hall–Kier alpha value is -1.39. The maximum absolute atomic E-state index is 12.4. The summed E-state index contributed by atoms with van der Waals surface area (Å²) in [5.74, 6) is 1.14. The number of carbonyl (C=O) groups excluding carboxylic acids is 1. The second-order valence-electron chi connectivity index (χ2n) is 9.18. The molecule has 0 bridgehead atoms. The van der Waals surface area contributed by atoms with Crippen LogP contribution in [0.5, 0.6) is 0 Å². The third-order valence-corrected chi connectivity index (χ3v) is 6.54. The molecule has 186 valence electrons. The van der Waals surface area contributed by atoms with Crippen molar-refractivity contribution in [2.75, 3.05) is 53.4 Å². The van der Waals surface area contributed by atoms with Gasteiger partial charge in [0.25, 0.3) is 0 Å². The number of halogens is 1. The van der Waals surface area contributed by atoms with Gasteiger partial charge in [-0.3, -0.25) is 19.6 Å². The fourth-order valence-electron chi connectivity index (χ4n) is 4.83. The molecule has 33 heavy (non-hydrogen) atoms. The molecule has 2 heterocycles. The first kappa shape index (κ1) is 27.9. The summed E-state index contributed by atoms with van der Waals surface area (Å²) in [4.78, 5) is 23.9. The largest absolute Gasteiger partial charge is 0.357 e. The third kappa shape index (κ3) is 8.72. The van der Waals surface area contributed by atoms with E-state index >= 15 is 0 Å². The van der Waals surface area contributed by atoms with Crippen molar-refractivity contribution in [1.82, 2.24) is 25.3 Å². The minimum Gasteiger partial charge on any atom is -0.357 e. The Morgan fingerprint density at radius 2 is 1.82 bits per heavy atom. The van der Waals surface area contributed by atoms with Crippen LogP contribution in [0.4, 0.5) is 0 Å². The number of carbonyl (C=O) groups is 1. The summed E-state index contributed by atoms with van der Waals surface area (Å²) < 4.78 is 0. The number of benzene rings is 1. The smallest absolute Gasteiger partial charge is 0.239 e. The Bertz CT molecular complexity index is 729. The van der Waals surface area contributed by atoms with Crippen molar-refractivity contribution in [3.8, 4) is 0 Å². The van der Waals surface area contributed by atoms with Gasteiger partial charge in [0.1, 0.15) is 0 Å². The van der Waals surface area contributed by atoms with Crippen LogP contribution in [0.25, 0.3) is 0 Å². The van der Waals surface area contributed by atoms with Gasteiger partial charge in [0.05, 0.1) is 12.6 Å². The highest BCUT2D eigenvalue weighted by atomic mass is 127. The van der Waals surface area contributed by atoms with Crippen LogP contribution in [0.15, 0.2) is 35.3 Å². The Morgan fingerprint density at radius 1 is 1.09 bits per heavy atom. The zero-order chi connectivity index (χ0) is 22.8. The van der Waals surface area contributed by atoms with Crippen LogP contribution >= 0.6 is 24.0 Å². The molecule has 0 saturated carbocycles. The number of amides is 1. The highest BCUT2D eigenvalue weighted by molar-refractivity contribution is 14.0. The topological polar surface area (TPSA) is 63.2 Å². The fourth-order valence-corrected chi connectivity index (χ4v) is 4.83. The number of hydrogen-bond donors (Lipinski definition) is 2. The number of likely N-dealkylation sites (N-methyl/N-ethyl adjacent to an activating group) is 1. The maximum atomic E-state index is 12.4. The molecule has 2 atom stereocenters. The average Bonchev–Trinajstić information content (AvgIpc) is 3.44. The zero-order valence-electron chi connectivity index (χ0n) is 20.6. The molecule has 2 saturated heterocycles. The second-order valence-corrected chi connectivity index (χ2v) is 9.18. The molecule has 0 aliphatic carbocycles. The summed E-state index contributed by atoms with van der Waals surface area (Å²) in [6.45, 7) is 8.79. The molecule has 2 aliphatic heterocycles. The molecule has 0 spiro atoms. The molecule has 8 heteroatoms. The van der Waals surface area contributed by atoms with Crippen molar-refractivity contribution in [2.24, 2.45) is 4.99 Å². The van der Waals surface area contributed by atoms with Crippen molar-refractivity contribution in [1.29, 1.82) is 0 Å². The van der Waals surface area contributed by atoms with E-state index in [-0.39, 0.29) is 35.9 Å². The zero-order valence-corrected chi connectivity index (χ0v) is 23.0. The highest BCUT2D eigenvalue weighted by Gasteiger charge is 2.31.